The van der Waals surface area contributed by atoms with E-state index < -0.39 is 0 Å². The van der Waals surface area contributed by atoms with Gasteiger partial charge in [-0.25, -0.2) is 0 Å². The lowest BCUT2D eigenvalue weighted by molar-refractivity contribution is 1.53. The maximum atomic E-state index is 3.36. The van der Waals surface area contributed by atoms with E-state index in [2.05, 4.69) is 62.5 Å². The first-order valence-electron chi connectivity index (χ1n) is 4.97. The largest absolute Gasteiger partial charge is 0.0991 e. The van der Waals surface area contributed by atoms with Crippen molar-refractivity contribution in [2.24, 2.45) is 0 Å². The van der Waals surface area contributed by atoms with Gasteiger partial charge in [0.15, 0.2) is 0 Å². The van der Waals surface area contributed by atoms with E-state index in [4.69, 9.17) is 0 Å². The molecule has 0 aliphatic rings. The fourth-order valence-electron chi connectivity index (χ4n) is 1.39. The number of aryl methyl sites for hydroxylation is 1. The summed E-state index contributed by atoms with van der Waals surface area (Å²) in [4.78, 5) is 0. The van der Waals surface area contributed by atoms with Crippen LogP contribution in [-0.4, -0.2) is 0 Å². The molecule has 0 saturated heterocycles. The van der Waals surface area contributed by atoms with Crippen LogP contribution < -0.4 is 0 Å². The van der Waals surface area contributed by atoms with Gasteiger partial charge in [-0.15, -0.1) is 0 Å². The molecule has 0 aromatic heterocycles. The molecule has 0 spiro atoms. The number of fused-ring (bicyclic) bond motifs is 1. The van der Waals surface area contributed by atoms with Gasteiger partial charge in [0.25, 0.3) is 0 Å². The van der Waals surface area contributed by atoms with Crippen LogP contribution in [0.2, 0.25) is 0 Å². The number of hydrogen-bond acceptors (Lipinski definition) is 0. The summed E-state index contributed by atoms with van der Waals surface area (Å²) >= 11 is 0. The van der Waals surface area contributed by atoms with Gasteiger partial charge in [-0.05, 0) is 23.3 Å². The average molecular weight is 196 g/mol. The average Bonchev–Trinajstić information content (AvgIpc) is 2.30. The maximum Gasteiger partial charge on any atom is -0.0155 e. The zero-order chi connectivity index (χ0) is 11.1. The van der Waals surface area contributed by atoms with Crippen molar-refractivity contribution in [2.45, 2.75) is 6.92 Å². The molecule has 0 nitrogen and oxygen atoms in total. The Morgan fingerprint density at radius 2 is 1.47 bits per heavy atom. The summed E-state index contributed by atoms with van der Waals surface area (Å²) in [6, 6.07) is 14.8. The van der Waals surface area contributed by atoms with Crippen LogP contribution in [0.5, 0.6) is 0 Å². The second-order valence-corrected chi connectivity index (χ2v) is 3.27. The van der Waals surface area contributed by atoms with Crippen LogP contribution in [0.4, 0.5) is 0 Å². The van der Waals surface area contributed by atoms with E-state index in [0.717, 1.165) is 0 Å². The second-order valence-electron chi connectivity index (χ2n) is 3.27. The fourth-order valence-corrected chi connectivity index (χ4v) is 1.39. The second kappa shape index (κ2) is 5.82. The van der Waals surface area contributed by atoms with Gasteiger partial charge >= 0.3 is 0 Å². The SMILES string of the molecule is C=CC=C.Cc1cccc2ccccc12. The van der Waals surface area contributed by atoms with Crippen LogP contribution in [0.25, 0.3) is 10.8 Å². The molecular formula is C15H16. The van der Waals surface area contributed by atoms with Gasteiger partial charge in [-0.2, -0.15) is 0 Å². The monoisotopic (exact) mass is 196 g/mol. The van der Waals surface area contributed by atoms with E-state index in [0.29, 0.717) is 0 Å². The summed E-state index contributed by atoms with van der Waals surface area (Å²) in [6.45, 7) is 8.86. The molecule has 0 fully saturated rings. The summed E-state index contributed by atoms with van der Waals surface area (Å²) in [5.41, 5.74) is 1.35. The highest BCUT2D eigenvalue weighted by molar-refractivity contribution is 5.85. The molecule has 0 aliphatic heterocycles. The third kappa shape index (κ3) is 3.10. The highest BCUT2D eigenvalue weighted by Gasteiger charge is 1.91. The van der Waals surface area contributed by atoms with Crippen molar-refractivity contribution < 1.29 is 0 Å². The number of rotatable bonds is 1. The Morgan fingerprint density at radius 1 is 0.867 bits per heavy atom. The predicted molar refractivity (Wildman–Crippen MR) is 69.1 cm³/mol. The first-order valence-corrected chi connectivity index (χ1v) is 4.97. The van der Waals surface area contributed by atoms with Crippen molar-refractivity contribution in [1.82, 2.24) is 0 Å². The Hall–Kier alpha value is -1.82. The van der Waals surface area contributed by atoms with E-state index in [1.54, 1.807) is 12.2 Å². The molecule has 2 aromatic carbocycles. The molecule has 0 saturated carbocycles. The lowest BCUT2D eigenvalue weighted by Crippen LogP contribution is -1.75. The molecule has 0 heteroatoms. The van der Waals surface area contributed by atoms with Crippen molar-refractivity contribution in [3.05, 3.63) is 73.3 Å². The molecule has 0 amide bonds. The van der Waals surface area contributed by atoms with Gasteiger partial charge in [0.05, 0.1) is 0 Å². The minimum atomic E-state index is 1.33. The summed E-state index contributed by atoms with van der Waals surface area (Å²) in [7, 11) is 0. The zero-order valence-corrected chi connectivity index (χ0v) is 9.11. The molecule has 76 valence electrons. The van der Waals surface area contributed by atoms with Crippen LogP contribution in [-0.2, 0) is 0 Å². The Balaban J connectivity index is 0.000000245. The van der Waals surface area contributed by atoms with Gasteiger partial charge in [0.2, 0.25) is 0 Å². The van der Waals surface area contributed by atoms with Crippen LogP contribution in [0, 0.1) is 6.92 Å². The Labute approximate surface area is 91.6 Å². The number of benzene rings is 2. The molecule has 0 heterocycles. The minimum absolute atomic E-state index is 1.33. The Kier molecular flexibility index (Phi) is 4.36. The van der Waals surface area contributed by atoms with E-state index in [9.17, 15) is 0 Å². The smallest absolute Gasteiger partial charge is 0.0155 e. The predicted octanol–water partition coefficient (Wildman–Crippen LogP) is 4.51. The van der Waals surface area contributed by atoms with Crippen LogP contribution in [0.15, 0.2) is 67.8 Å². The molecule has 2 aromatic rings. The van der Waals surface area contributed by atoms with Gasteiger partial charge in [-0.3, -0.25) is 0 Å². The van der Waals surface area contributed by atoms with E-state index in [-0.39, 0.29) is 0 Å². The van der Waals surface area contributed by atoms with Crippen molar-refractivity contribution in [3.8, 4) is 0 Å². The number of hydrogen-bond donors (Lipinski definition) is 0. The summed E-state index contributed by atoms with van der Waals surface area (Å²) < 4.78 is 0. The van der Waals surface area contributed by atoms with Gasteiger partial charge in [-0.1, -0.05) is 67.8 Å². The van der Waals surface area contributed by atoms with E-state index in [1.165, 1.54) is 16.3 Å². The molecule has 0 N–H and O–H groups in total. The van der Waals surface area contributed by atoms with Gasteiger partial charge < -0.3 is 0 Å². The summed E-state index contributed by atoms with van der Waals surface area (Å²) in [5.74, 6) is 0. The minimum Gasteiger partial charge on any atom is -0.0991 e. The lowest BCUT2D eigenvalue weighted by Gasteiger charge is -1.98. The third-order valence-corrected chi connectivity index (χ3v) is 2.17. The molecule has 0 bridgehead atoms. The lowest BCUT2D eigenvalue weighted by atomic mass is 10.1. The maximum absolute atomic E-state index is 3.36. The highest BCUT2D eigenvalue weighted by atomic mass is 14.0. The molecule has 0 unspecified atom stereocenters. The third-order valence-electron chi connectivity index (χ3n) is 2.17. The van der Waals surface area contributed by atoms with Gasteiger partial charge in [0.1, 0.15) is 0 Å². The first-order chi connectivity index (χ1) is 7.29. The summed E-state index contributed by atoms with van der Waals surface area (Å²) in [5, 5.41) is 2.68. The number of allylic oxidation sites excluding steroid dienone is 2. The highest BCUT2D eigenvalue weighted by Crippen LogP contribution is 2.16. The first kappa shape index (κ1) is 11.3. The molecule has 0 aliphatic carbocycles. The zero-order valence-electron chi connectivity index (χ0n) is 9.11. The van der Waals surface area contributed by atoms with Crippen LogP contribution >= 0.6 is 0 Å². The van der Waals surface area contributed by atoms with Crippen molar-refractivity contribution in [1.29, 1.82) is 0 Å². The van der Waals surface area contributed by atoms with E-state index >= 15 is 0 Å². The van der Waals surface area contributed by atoms with Crippen molar-refractivity contribution in [3.63, 3.8) is 0 Å². The quantitative estimate of drug-likeness (QED) is 0.589. The standard InChI is InChI=1S/C11H10.C4H6/c1-9-5-4-7-10-6-2-3-8-11(9)10;1-3-4-2/h2-8H,1H3;3-4H,1-2H2. The molecule has 15 heavy (non-hydrogen) atoms. The Bertz CT molecular complexity index is 441. The van der Waals surface area contributed by atoms with Gasteiger partial charge in [0, 0.05) is 0 Å². The summed E-state index contributed by atoms with van der Waals surface area (Å²) in [6.07, 6.45) is 3.28. The molecule has 0 atom stereocenters. The fraction of sp³-hybridized carbons (Fsp3) is 0.0667. The van der Waals surface area contributed by atoms with Crippen LogP contribution in [0.3, 0.4) is 0 Å². The molecule has 0 radical (unpaired) electrons. The van der Waals surface area contributed by atoms with E-state index in [1.807, 2.05) is 0 Å². The molecular weight excluding hydrogens is 180 g/mol. The topological polar surface area (TPSA) is 0 Å². The van der Waals surface area contributed by atoms with Crippen LogP contribution in [0.1, 0.15) is 5.56 Å². The Morgan fingerprint density at radius 3 is 2.07 bits per heavy atom. The van der Waals surface area contributed by atoms with Crippen molar-refractivity contribution >= 4 is 10.8 Å². The normalized spacial score (nSPS) is 8.87. The van der Waals surface area contributed by atoms with Crippen molar-refractivity contribution in [2.75, 3.05) is 0 Å². The molecule has 2 rings (SSSR count).